The van der Waals surface area contributed by atoms with Crippen molar-refractivity contribution in [3.63, 3.8) is 0 Å². The number of hydrogen-bond donors (Lipinski definition) is 1. The number of hydrogen-bond acceptors (Lipinski definition) is 3. The Bertz CT molecular complexity index is 696. The summed E-state index contributed by atoms with van der Waals surface area (Å²) in [5.74, 6) is -0.697. The third kappa shape index (κ3) is 2.83. The van der Waals surface area contributed by atoms with Crippen LogP contribution in [0.3, 0.4) is 0 Å². The van der Waals surface area contributed by atoms with Crippen molar-refractivity contribution >= 4 is 34.8 Å². The van der Waals surface area contributed by atoms with Crippen molar-refractivity contribution in [1.29, 1.82) is 0 Å². The lowest BCUT2D eigenvalue weighted by Gasteiger charge is -2.31. The zero-order chi connectivity index (χ0) is 16.6. The number of carbonyl (C=O) groups excluding carboxylic acids is 2. The van der Waals surface area contributed by atoms with Crippen LogP contribution in [0.2, 0.25) is 10.0 Å². The summed E-state index contributed by atoms with van der Waals surface area (Å²) in [6, 6.07) is 5.25. The molecule has 22 heavy (non-hydrogen) atoms. The summed E-state index contributed by atoms with van der Waals surface area (Å²) in [5, 5.41) is 3.89. The molecule has 0 saturated carbocycles. The predicted molar refractivity (Wildman–Crippen MR) is 89.1 cm³/mol. The second-order valence-electron chi connectivity index (χ2n) is 5.39. The van der Waals surface area contributed by atoms with Crippen LogP contribution in [-0.2, 0) is 9.59 Å². The fraction of sp³-hybridized carbons (Fsp3) is 0.294. The van der Waals surface area contributed by atoms with E-state index in [0.29, 0.717) is 26.8 Å². The average molecular weight is 338 g/mol. The van der Waals surface area contributed by atoms with E-state index in [2.05, 4.69) is 5.32 Å². The number of ketones is 2. The lowest BCUT2D eigenvalue weighted by molar-refractivity contribution is -0.114. The molecule has 1 N–H and O–H groups in total. The SMILES string of the molecule is CC(=O)C1=C(C)NC(C)=C(C(C)=O)C1c1cccc(Cl)c1Cl. The smallest absolute Gasteiger partial charge is 0.158 e. The van der Waals surface area contributed by atoms with Gasteiger partial charge in [0.05, 0.1) is 10.0 Å². The average Bonchev–Trinajstić information content (AvgIpc) is 2.39. The van der Waals surface area contributed by atoms with Crippen LogP contribution >= 0.6 is 23.2 Å². The van der Waals surface area contributed by atoms with E-state index in [1.165, 1.54) is 13.8 Å². The topological polar surface area (TPSA) is 46.2 Å². The Morgan fingerprint density at radius 1 is 1.00 bits per heavy atom. The first-order chi connectivity index (χ1) is 10.3. The zero-order valence-corrected chi connectivity index (χ0v) is 14.4. The van der Waals surface area contributed by atoms with E-state index in [9.17, 15) is 9.59 Å². The van der Waals surface area contributed by atoms with Crippen LogP contribution in [0.15, 0.2) is 40.7 Å². The summed E-state index contributed by atoms with van der Waals surface area (Å²) in [7, 11) is 0. The van der Waals surface area contributed by atoms with E-state index >= 15 is 0 Å². The van der Waals surface area contributed by atoms with Gasteiger partial charge in [-0.3, -0.25) is 9.59 Å². The standard InChI is InChI=1S/C17H17Cl2NO2/c1-8-14(10(3)21)16(15(11(4)22)9(2)20-8)12-6-5-7-13(18)17(12)19/h5-7,16,20H,1-4H3. The van der Waals surface area contributed by atoms with E-state index < -0.39 is 5.92 Å². The quantitative estimate of drug-likeness (QED) is 0.888. The molecule has 0 aromatic heterocycles. The molecule has 0 spiro atoms. The molecule has 1 aromatic rings. The Kier molecular flexibility index (Phi) is 4.78. The Labute approximate surface area is 140 Å². The molecule has 116 valence electrons. The van der Waals surface area contributed by atoms with Crippen molar-refractivity contribution in [3.05, 3.63) is 56.3 Å². The van der Waals surface area contributed by atoms with Crippen molar-refractivity contribution in [2.45, 2.75) is 33.6 Å². The maximum atomic E-state index is 12.2. The molecule has 1 aliphatic heterocycles. The maximum Gasteiger partial charge on any atom is 0.158 e. The van der Waals surface area contributed by atoms with Crippen molar-refractivity contribution in [2.75, 3.05) is 0 Å². The molecule has 0 unspecified atom stereocenters. The normalized spacial score (nSPS) is 15.9. The molecule has 1 heterocycles. The molecular formula is C17H17Cl2NO2. The first-order valence-corrected chi connectivity index (χ1v) is 7.65. The number of Topliss-reactive ketones (excluding diaryl/α,β-unsaturated/α-hetero) is 2. The molecule has 3 nitrogen and oxygen atoms in total. The summed E-state index contributed by atoms with van der Waals surface area (Å²) in [6.07, 6.45) is 0. The van der Waals surface area contributed by atoms with Crippen LogP contribution in [0.5, 0.6) is 0 Å². The number of carbonyl (C=O) groups is 2. The number of allylic oxidation sites excluding steroid dienone is 4. The first-order valence-electron chi connectivity index (χ1n) is 6.90. The summed E-state index contributed by atoms with van der Waals surface area (Å²) >= 11 is 12.5. The molecule has 5 heteroatoms. The van der Waals surface area contributed by atoms with Gasteiger partial charge in [-0.1, -0.05) is 35.3 Å². The van der Waals surface area contributed by atoms with Gasteiger partial charge in [0.2, 0.25) is 0 Å². The van der Waals surface area contributed by atoms with Gasteiger partial charge in [-0.15, -0.1) is 0 Å². The third-order valence-corrected chi connectivity index (χ3v) is 4.64. The second kappa shape index (κ2) is 6.27. The highest BCUT2D eigenvalue weighted by Crippen LogP contribution is 2.43. The minimum Gasteiger partial charge on any atom is -0.362 e. The summed E-state index contributed by atoms with van der Waals surface area (Å²) in [4.78, 5) is 24.3. The Hall–Kier alpha value is -1.58. The van der Waals surface area contributed by atoms with Crippen LogP contribution in [-0.4, -0.2) is 11.6 Å². The highest BCUT2D eigenvalue weighted by atomic mass is 35.5. The van der Waals surface area contributed by atoms with Gasteiger partial charge in [0.25, 0.3) is 0 Å². The number of rotatable bonds is 3. The number of benzene rings is 1. The van der Waals surface area contributed by atoms with E-state index in [0.717, 1.165) is 11.4 Å². The highest BCUT2D eigenvalue weighted by Gasteiger charge is 2.34. The largest absolute Gasteiger partial charge is 0.362 e. The molecule has 2 rings (SSSR count). The Balaban J connectivity index is 2.78. The van der Waals surface area contributed by atoms with Gasteiger partial charge in [-0.25, -0.2) is 0 Å². The second-order valence-corrected chi connectivity index (χ2v) is 6.18. The van der Waals surface area contributed by atoms with Crippen molar-refractivity contribution in [3.8, 4) is 0 Å². The van der Waals surface area contributed by atoms with Gasteiger partial charge in [0.15, 0.2) is 11.6 Å². The fourth-order valence-electron chi connectivity index (χ4n) is 2.98. The first kappa shape index (κ1) is 16.8. The highest BCUT2D eigenvalue weighted by molar-refractivity contribution is 6.42. The van der Waals surface area contributed by atoms with Crippen LogP contribution in [0.4, 0.5) is 0 Å². The van der Waals surface area contributed by atoms with Gasteiger partial charge < -0.3 is 5.32 Å². The lowest BCUT2D eigenvalue weighted by atomic mass is 9.77. The predicted octanol–water partition coefficient (Wildman–Crippen LogP) is 4.41. The van der Waals surface area contributed by atoms with E-state index in [1.807, 2.05) is 13.8 Å². The minimum atomic E-state index is -0.498. The third-order valence-electron chi connectivity index (χ3n) is 3.81. The number of nitrogens with one attached hydrogen (secondary N) is 1. The van der Waals surface area contributed by atoms with Crippen molar-refractivity contribution in [1.82, 2.24) is 5.32 Å². The molecule has 0 atom stereocenters. The molecule has 1 aliphatic rings. The number of dihydropyridines is 1. The van der Waals surface area contributed by atoms with Gasteiger partial charge in [-0.05, 0) is 39.3 Å². The van der Waals surface area contributed by atoms with E-state index in [1.54, 1.807) is 18.2 Å². The minimum absolute atomic E-state index is 0.0997. The van der Waals surface area contributed by atoms with Gasteiger partial charge in [0, 0.05) is 28.5 Å². The van der Waals surface area contributed by atoms with Crippen LogP contribution in [0, 0.1) is 0 Å². The summed E-state index contributed by atoms with van der Waals surface area (Å²) in [5.41, 5.74) is 3.22. The van der Waals surface area contributed by atoms with Crippen molar-refractivity contribution < 1.29 is 9.59 Å². The zero-order valence-electron chi connectivity index (χ0n) is 12.9. The maximum absolute atomic E-state index is 12.2. The van der Waals surface area contributed by atoms with Crippen LogP contribution < -0.4 is 5.32 Å². The lowest BCUT2D eigenvalue weighted by Crippen LogP contribution is -2.30. The summed E-state index contributed by atoms with van der Waals surface area (Å²) in [6.45, 7) is 6.62. The molecule has 1 aromatic carbocycles. The molecule has 0 amide bonds. The van der Waals surface area contributed by atoms with Crippen molar-refractivity contribution in [2.24, 2.45) is 0 Å². The van der Waals surface area contributed by atoms with Crippen LogP contribution in [0.25, 0.3) is 0 Å². The van der Waals surface area contributed by atoms with E-state index in [-0.39, 0.29) is 11.6 Å². The number of halogens is 2. The van der Waals surface area contributed by atoms with E-state index in [4.69, 9.17) is 23.2 Å². The summed E-state index contributed by atoms with van der Waals surface area (Å²) < 4.78 is 0. The van der Waals surface area contributed by atoms with Crippen LogP contribution in [0.1, 0.15) is 39.2 Å². The molecular weight excluding hydrogens is 321 g/mol. The molecule has 0 aliphatic carbocycles. The van der Waals surface area contributed by atoms with Gasteiger partial charge in [0.1, 0.15) is 0 Å². The molecule has 0 bridgehead atoms. The molecule has 0 radical (unpaired) electrons. The Morgan fingerprint density at radius 3 is 1.95 bits per heavy atom. The molecule has 0 saturated heterocycles. The van der Waals surface area contributed by atoms with Gasteiger partial charge >= 0.3 is 0 Å². The monoisotopic (exact) mass is 337 g/mol. The Morgan fingerprint density at radius 2 is 1.50 bits per heavy atom. The molecule has 0 fully saturated rings. The van der Waals surface area contributed by atoms with Gasteiger partial charge in [-0.2, -0.15) is 0 Å². The fourth-order valence-corrected chi connectivity index (χ4v) is 3.40.